The van der Waals surface area contributed by atoms with Gasteiger partial charge in [-0.2, -0.15) is 0 Å². The van der Waals surface area contributed by atoms with Gasteiger partial charge >= 0.3 is 11.8 Å². The van der Waals surface area contributed by atoms with E-state index in [1.165, 1.54) is 0 Å². The fraction of sp³-hybridized carbons (Fsp3) is 0.556. The summed E-state index contributed by atoms with van der Waals surface area (Å²) < 4.78 is 5.26. The third kappa shape index (κ3) is 4.79. The van der Waals surface area contributed by atoms with Crippen molar-refractivity contribution in [3.63, 3.8) is 0 Å². The quantitative estimate of drug-likeness (QED) is 0.808. The molecule has 1 aliphatic heterocycles. The van der Waals surface area contributed by atoms with Crippen LogP contribution in [0.25, 0.3) is 0 Å². The van der Waals surface area contributed by atoms with Gasteiger partial charge in [-0.1, -0.05) is 12.1 Å². The number of hydrogen-bond acceptors (Lipinski definition) is 4. The molecule has 1 saturated heterocycles. The fourth-order valence-corrected chi connectivity index (χ4v) is 2.82. The van der Waals surface area contributed by atoms with E-state index in [1.807, 2.05) is 25.1 Å². The fourth-order valence-electron chi connectivity index (χ4n) is 2.82. The second-order valence-corrected chi connectivity index (χ2v) is 6.51. The maximum atomic E-state index is 12.1. The second kappa shape index (κ2) is 8.26. The summed E-state index contributed by atoms with van der Waals surface area (Å²) >= 11 is 0. The zero-order valence-electron chi connectivity index (χ0n) is 14.8. The number of benzene rings is 1. The van der Waals surface area contributed by atoms with E-state index >= 15 is 0 Å². The van der Waals surface area contributed by atoms with E-state index in [1.54, 1.807) is 13.2 Å². The van der Waals surface area contributed by atoms with Crippen LogP contribution < -0.4 is 10.6 Å². The van der Waals surface area contributed by atoms with Crippen LogP contribution in [0.5, 0.6) is 0 Å². The van der Waals surface area contributed by atoms with Crippen molar-refractivity contribution in [2.75, 3.05) is 25.5 Å². The predicted molar refractivity (Wildman–Crippen MR) is 93.8 cm³/mol. The Morgan fingerprint density at radius 1 is 1.25 bits per heavy atom. The van der Waals surface area contributed by atoms with E-state index in [0.717, 1.165) is 25.1 Å². The highest BCUT2D eigenvalue weighted by Crippen LogP contribution is 2.19. The van der Waals surface area contributed by atoms with Crippen LogP contribution in [0.2, 0.25) is 0 Å². The van der Waals surface area contributed by atoms with Crippen molar-refractivity contribution in [1.82, 2.24) is 10.2 Å². The number of rotatable bonds is 5. The minimum atomic E-state index is -0.639. The molecule has 0 aliphatic carbocycles. The van der Waals surface area contributed by atoms with Crippen LogP contribution in [-0.4, -0.2) is 49.0 Å². The summed E-state index contributed by atoms with van der Waals surface area (Å²) in [6, 6.07) is 7.80. The minimum absolute atomic E-state index is 0.0329. The number of ether oxygens (including phenoxy) is 1. The molecule has 2 amide bonds. The van der Waals surface area contributed by atoms with Crippen LogP contribution in [0, 0.1) is 0 Å². The number of hydrogen-bond donors (Lipinski definition) is 2. The molecule has 6 nitrogen and oxygen atoms in total. The lowest BCUT2D eigenvalue weighted by molar-refractivity contribution is -0.136. The molecular formula is C18H27N3O3. The van der Waals surface area contributed by atoms with Gasteiger partial charge in [-0.25, -0.2) is 0 Å². The van der Waals surface area contributed by atoms with Gasteiger partial charge in [-0.15, -0.1) is 0 Å². The Balaban J connectivity index is 1.89. The Morgan fingerprint density at radius 3 is 2.62 bits per heavy atom. The van der Waals surface area contributed by atoms with Gasteiger partial charge < -0.3 is 15.4 Å². The SMILES string of the molecule is CO[C@@H](C)c1cccc(NC(=O)C(=O)N[C@@H]2CCN(C(C)C)C2)c1. The molecule has 0 radical (unpaired) electrons. The molecule has 0 aromatic heterocycles. The maximum Gasteiger partial charge on any atom is 0.313 e. The van der Waals surface area contributed by atoms with Crippen molar-refractivity contribution >= 4 is 17.5 Å². The number of anilines is 1. The van der Waals surface area contributed by atoms with E-state index in [2.05, 4.69) is 29.4 Å². The lowest BCUT2D eigenvalue weighted by Gasteiger charge is -2.20. The predicted octanol–water partition coefficient (Wildman–Crippen LogP) is 1.93. The summed E-state index contributed by atoms with van der Waals surface area (Å²) in [5.74, 6) is -1.23. The molecule has 0 saturated carbocycles. The number of nitrogens with one attached hydrogen (secondary N) is 2. The van der Waals surface area contributed by atoms with Crippen LogP contribution >= 0.6 is 0 Å². The molecule has 2 rings (SSSR count). The summed E-state index contributed by atoms with van der Waals surface area (Å²) in [7, 11) is 1.63. The van der Waals surface area contributed by atoms with Crippen LogP contribution in [0.4, 0.5) is 5.69 Å². The molecule has 2 atom stereocenters. The highest BCUT2D eigenvalue weighted by molar-refractivity contribution is 6.39. The largest absolute Gasteiger partial charge is 0.377 e. The highest BCUT2D eigenvalue weighted by atomic mass is 16.5. The zero-order valence-corrected chi connectivity index (χ0v) is 14.8. The van der Waals surface area contributed by atoms with E-state index in [9.17, 15) is 9.59 Å². The van der Waals surface area contributed by atoms with Gasteiger partial charge in [-0.05, 0) is 44.9 Å². The second-order valence-electron chi connectivity index (χ2n) is 6.51. The Bertz CT molecular complexity index is 589. The third-order valence-electron chi connectivity index (χ3n) is 4.46. The first-order chi connectivity index (χ1) is 11.4. The average molecular weight is 333 g/mol. The Kier molecular flexibility index (Phi) is 6.34. The zero-order chi connectivity index (χ0) is 17.7. The van der Waals surface area contributed by atoms with Crippen LogP contribution in [-0.2, 0) is 14.3 Å². The summed E-state index contributed by atoms with van der Waals surface area (Å²) in [6.07, 6.45) is 0.800. The van der Waals surface area contributed by atoms with Crippen LogP contribution in [0.1, 0.15) is 38.9 Å². The topological polar surface area (TPSA) is 70.7 Å². The van der Waals surface area contributed by atoms with Gasteiger partial charge in [0.2, 0.25) is 0 Å². The smallest absolute Gasteiger partial charge is 0.313 e. The molecular weight excluding hydrogens is 306 g/mol. The molecule has 0 unspecified atom stereocenters. The van der Waals surface area contributed by atoms with E-state index in [0.29, 0.717) is 11.7 Å². The molecule has 1 aliphatic rings. The van der Waals surface area contributed by atoms with Gasteiger partial charge in [-0.3, -0.25) is 14.5 Å². The molecule has 1 aromatic carbocycles. The number of methoxy groups -OCH3 is 1. The Labute approximate surface area is 143 Å². The molecule has 6 heteroatoms. The third-order valence-corrected chi connectivity index (χ3v) is 4.46. The summed E-state index contributed by atoms with van der Waals surface area (Å²) in [4.78, 5) is 26.5. The number of amides is 2. The van der Waals surface area contributed by atoms with Gasteiger partial charge in [0, 0.05) is 38.0 Å². The first-order valence-corrected chi connectivity index (χ1v) is 8.39. The summed E-state index contributed by atoms with van der Waals surface area (Å²) in [5, 5.41) is 5.46. The molecule has 0 bridgehead atoms. The first kappa shape index (κ1) is 18.4. The first-order valence-electron chi connectivity index (χ1n) is 8.39. The Hall–Kier alpha value is -1.92. The van der Waals surface area contributed by atoms with Crippen molar-refractivity contribution < 1.29 is 14.3 Å². The maximum absolute atomic E-state index is 12.1. The molecule has 1 heterocycles. The number of likely N-dealkylation sites (tertiary alicyclic amines) is 1. The van der Waals surface area contributed by atoms with Gasteiger partial charge in [0.15, 0.2) is 0 Å². The van der Waals surface area contributed by atoms with Crippen LogP contribution in [0.3, 0.4) is 0 Å². The molecule has 1 aromatic rings. The molecule has 132 valence electrons. The number of carbonyl (C=O) groups excluding carboxylic acids is 2. The minimum Gasteiger partial charge on any atom is -0.377 e. The van der Waals surface area contributed by atoms with Crippen molar-refractivity contribution in [2.45, 2.75) is 45.4 Å². The molecule has 2 N–H and O–H groups in total. The van der Waals surface area contributed by atoms with E-state index < -0.39 is 11.8 Å². The summed E-state index contributed by atoms with van der Waals surface area (Å²) in [6.45, 7) is 7.92. The number of carbonyl (C=O) groups is 2. The molecule has 0 spiro atoms. The number of nitrogens with zero attached hydrogens (tertiary/aromatic N) is 1. The normalized spacial score (nSPS) is 19.3. The lowest BCUT2D eigenvalue weighted by atomic mass is 10.1. The van der Waals surface area contributed by atoms with Gasteiger partial charge in [0.05, 0.1) is 6.10 Å². The molecule has 24 heavy (non-hydrogen) atoms. The van der Waals surface area contributed by atoms with Gasteiger partial charge in [0.25, 0.3) is 0 Å². The lowest BCUT2D eigenvalue weighted by Crippen LogP contribution is -2.43. The van der Waals surface area contributed by atoms with E-state index in [4.69, 9.17) is 4.74 Å². The van der Waals surface area contributed by atoms with Crippen molar-refractivity contribution in [2.24, 2.45) is 0 Å². The molecule has 1 fully saturated rings. The standard InChI is InChI=1S/C18H27N3O3/c1-12(2)21-9-8-16(11-21)20-18(23)17(22)19-15-7-5-6-14(10-15)13(3)24-4/h5-7,10,12-13,16H,8-9,11H2,1-4H3,(H,19,22)(H,20,23)/t13-,16+/m0/s1. The van der Waals surface area contributed by atoms with Crippen molar-refractivity contribution in [1.29, 1.82) is 0 Å². The van der Waals surface area contributed by atoms with E-state index in [-0.39, 0.29) is 12.1 Å². The average Bonchev–Trinajstić information content (AvgIpc) is 3.03. The van der Waals surface area contributed by atoms with Crippen LogP contribution in [0.15, 0.2) is 24.3 Å². The Morgan fingerprint density at radius 2 is 2.00 bits per heavy atom. The monoisotopic (exact) mass is 333 g/mol. The summed E-state index contributed by atoms with van der Waals surface area (Å²) in [5.41, 5.74) is 1.53. The highest BCUT2D eigenvalue weighted by Gasteiger charge is 2.27. The van der Waals surface area contributed by atoms with Crippen molar-refractivity contribution in [3.05, 3.63) is 29.8 Å². The van der Waals surface area contributed by atoms with Gasteiger partial charge in [0.1, 0.15) is 0 Å². The van der Waals surface area contributed by atoms with Crippen molar-refractivity contribution in [3.8, 4) is 0 Å².